The van der Waals surface area contributed by atoms with Crippen molar-refractivity contribution in [2.75, 3.05) is 5.88 Å². The van der Waals surface area contributed by atoms with Gasteiger partial charge in [-0.1, -0.05) is 33.6 Å². The molecule has 1 saturated carbocycles. The quantitative estimate of drug-likeness (QED) is 0.756. The van der Waals surface area contributed by atoms with Gasteiger partial charge in [0.1, 0.15) is 0 Å². The minimum atomic E-state index is -4.30. The first-order chi connectivity index (χ1) is 9.57. The molecule has 6 heteroatoms. The zero-order chi connectivity index (χ0) is 16.3. The van der Waals surface area contributed by atoms with Gasteiger partial charge in [0.15, 0.2) is 0 Å². The second-order valence-corrected chi connectivity index (χ2v) is 7.32. The Balaban J connectivity index is 2.79. The summed E-state index contributed by atoms with van der Waals surface area (Å²) in [5, 5.41) is 2.81. The fraction of sp³-hybridized carbons (Fsp3) is 0.933. The number of amides is 1. The molecule has 0 heterocycles. The number of alkyl halides is 4. The highest BCUT2D eigenvalue weighted by Crippen LogP contribution is 2.41. The zero-order valence-electron chi connectivity index (χ0n) is 12.9. The lowest BCUT2D eigenvalue weighted by Crippen LogP contribution is -2.49. The van der Waals surface area contributed by atoms with Gasteiger partial charge in [0.25, 0.3) is 0 Å². The van der Waals surface area contributed by atoms with Crippen LogP contribution in [0, 0.1) is 17.3 Å². The van der Waals surface area contributed by atoms with Gasteiger partial charge in [0, 0.05) is 17.8 Å². The smallest absolute Gasteiger partial charge is 0.353 e. The molecule has 3 atom stereocenters. The predicted octanol–water partition coefficient (Wildman–Crippen LogP) is 4.51. The third-order valence-electron chi connectivity index (χ3n) is 4.28. The van der Waals surface area contributed by atoms with E-state index >= 15 is 0 Å². The van der Waals surface area contributed by atoms with Gasteiger partial charge >= 0.3 is 6.18 Å². The van der Waals surface area contributed by atoms with Crippen LogP contribution in [0.15, 0.2) is 0 Å². The Morgan fingerprint density at radius 2 is 1.81 bits per heavy atom. The SMILES string of the molecule is CC(C)(C)C(CCCl)NC(=O)C1CCCCC1C(F)(F)F. The molecule has 0 bridgehead atoms. The van der Waals surface area contributed by atoms with Gasteiger partial charge in [-0.3, -0.25) is 4.79 Å². The maximum atomic E-state index is 13.1. The van der Waals surface area contributed by atoms with Crippen LogP contribution in [0.25, 0.3) is 0 Å². The van der Waals surface area contributed by atoms with Crippen molar-refractivity contribution < 1.29 is 18.0 Å². The lowest BCUT2D eigenvalue weighted by Gasteiger charge is -2.36. The van der Waals surface area contributed by atoms with Gasteiger partial charge < -0.3 is 5.32 Å². The lowest BCUT2D eigenvalue weighted by molar-refractivity contribution is -0.198. The highest BCUT2D eigenvalue weighted by atomic mass is 35.5. The molecule has 124 valence electrons. The topological polar surface area (TPSA) is 29.1 Å². The van der Waals surface area contributed by atoms with Crippen LogP contribution in [0.4, 0.5) is 13.2 Å². The summed E-state index contributed by atoms with van der Waals surface area (Å²) in [6.07, 6.45) is -2.16. The Labute approximate surface area is 129 Å². The fourth-order valence-corrected chi connectivity index (χ4v) is 3.16. The first-order valence-corrected chi connectivity index (χ1v) is 8.04. The molecule has 0 aromatic rings. The van der Waals surface area contributed by atoms with Crippen LogP contribution in [-0.2, 0) is 4.79 Å². The van der Waals surface area contributed by atoms with Crippen molar-refractivity contribution in [3.8, 4) is 0 Å². The molecule has 0 spiro atoms. The average Bonchev–Trinajstić information content (AvgIpc) is 2.36. The van der Waals surface area contributed by atoms with Crippen LogP contribution in [0.2, 0.25) is 0 Å². The number of hydrogen-bond donors (Lipinski definition) is 1. The number of hydrogen-bond acceptors (Lipinski definition) is 1. The van der Waals surface area contributed by atoms with E-state index in [1.54, 1.807) is 0 Å². The second-order valence-electron chi connectivity index (χ2n) is 6.94. The van der Waals surface area contributed by atoms with E-state index in [1.807, 2.05) is 20.8 Å². The summed E-state index contributed by atoms with van der Waals surface area (Å²) in [5.74, 6) is -2.57. The monoisotopic (exact) mass is 327 g/mol. The Morgan fingerprint density at radius 3 is 2.29 bits per heavy atom. The van der Waals surface area contributed by atoms with E-state index in [4.69, 9.17) is 11.6 Å². The molecule has 1 rings (SSSR count). The minimum Gasteiger partial charge on any atom is -0.353 e. The van der Waals surface area contributed by atoms with Crippen LogP contribution in [0.5, 0.6) is 0 Å². The summed E-state index contributed by atoms with van der Waals surface area (Å²) in [6.45, 7) is 5.85. The second kappa shape index (κ2) is 7.21. The number of rotatable bonds is 4. The number of carbonyl (C=O) groups excluding carboxylic acids is 1. The lowest BCUT2D eigenvalue weighted by atomic mass is 9.77. The van der Waals surface area contributed by atoms with E-state index in [1.165, 1.54) is 0 Å². The van der Waals surface area contributed by atoms with Crippen LogP contribution in [0.3, 0.4) is 0 Å². The molecule has 1 aliphatic carbocycles. The molecule has 1 aliphatic rings. The minimum absolute atomic E-state index is 0.0529. The van der Waals surface area contributed by atoms with E-state index in [0.717, 1.165) is 0 Å². The molecule has 0 aromatic heterocycles. The van der Waals surface area contributed by atoms with Gasteiger partial charge in [0.05, 0.1) is 5.92 Å². The number of nitrogens with one attached hydrogen (secondary N) is 1. The molecule has 1 amide bonds. The van der Waals surface area contributed by atoms with E-state index in [-0.39, 0.29) is 17.9 Å². The summed E-state index contributed by atoms with van der Waals surface area (Å²) in [5.41, 5.74) is -0.229. The van der Waals surface area contributed by atoms with Crippen LogP contribution in [0.1, 0.15) is 52.9 Å². The molecule has 21 heavy (non-hydrogen) atoms. The van der Waals surface area contributed by atoms with Crippen molar-refractivity contribution in [3.63, 3.8) is 0 Å². The van der Waals surface area contributed by atoms with Gasteiger partial charge in [-0.05, 0) is 24.7 Å². The molecule has 0 saturated heterocycles. The van der Waals surface area contributed by atoms with Crippen molar-refractivity contribution in [1.29, 1.82) is 0 Å². The van der Waals surface area contributed by atoms with E-state index in [0.29, 0.717) is 31.6 Å². The Morgan fingerprint density at radius 1 is 1.24 bits per heavy atom. The number of carbonyl (C=O) groups is 1. The molecular formula is C15H25ClF3NO. The maximum Gasteiger partial charge on any atom is 0.392 e. The van der Waals surface area contributed by atoms with Crippen molar-refractivity contribution in [3.05, 3.63) is 0 Å². The fourth-order valence-electron chi connectivity index (χ4n) is 2.95. The largest absolute Gasteiger partial charge is 0.392 e. The summed E-state index contributed by atoms with van der Waals surface area (Å²) in [4.78, 5) is 12.3. The average molecular weight is 328 g/mol. The van der Waals surface area contributed by atoms with E-state index in [9.17, 15) is 18.0 Å². The third kappa shape index (κ3) is 5.35. The van der Waals surface area contributed by atoms with Crippen molar-refractivity contribution >= 4 is 17.5 Å². The van der Waals surface area contributed by atoms with Crippen molar-refractivity contribution in [1.82, 2.24) is 5.32 Å². The van der Waals surface area contributed by atoms with E-state index in [2.05, 4.69) is 5.32 Å². The molecule has 0 radical (unpaired) electrons. The normalized spacial score (nSPS) is 25.5. The Kier molecular flexibility index (Phi) is 6.38. The summed E-state index contributed by atoms with van der Waals surface area (Å²) in [7, 11) is 0. The standard InChI is InChI=1S/C15H25ClF3NO/c1-14(2,3)12(8-9-16)20-13(21)10-6-4-5-7-11(10)15(17,18)19/h10-12H,4-9H2,1-3H3,(H,20,21). The first kappa shape index (κ1) is 18.6. The number of halogens is 4. The van der Waals surface area contributed by atoms with Crippen LogP contribution < -0.4 is 5.32 Å². The Hall–Kier alpha value is -0.450. The molecule has 1 N–H and O–H groups in total. The summed E-state index contributed by atoms with van der Waals surface area (Å²) >= 11 is 5.74. The molecule has 1 fully saturated rings. The van der Waals surface area contributed by atoms with E-state index < -0.39 is 23.9 Å². The van der Waals surface area contributed by atoms with Gasteiger partial charge in [-0.2, -0.15) is 13.2 Å². The molecule has 3 unspecified atom stereocenters. The van der Waals surface area contributed by atoms with Gasteiger partial charge in [0.2, 0.25) is 5.91 Å². The van der Waals surface area contributed by atoms with Crippen molar-refractivity contribution in [2.24, 2.45) is 17.3 Å². The summed E-state index contributed by atoms with van der Waals surface area (Å²) in [6, 6.07) is -0.210. The first-order valence-electron chi connectivity index (χ1n) is 7.50. The summed E-state index contributed by atoms with van der Waals surface area (Å²) < 4.78 is 39.2. The molecule has 0 aliphatic heterocycles. The van der Waals surface area contributed by atoms with Gasteiger partial charge in [-0.15, -0.1) is 11.6 Å². The predicted molar refractivity (Wildman–Crippen MR) is 78.2 cm³/mol. The van der Waals surface area contributed by atoms with Crippen molar-refractivity contribution in [2.45, 2.75) is 65.1 Å². The van der Waals surface area contributed by atoms with Crippen LogP contribution >= 0.6 is 11.6 Å². The molecule has 2 nitrogen and oxygen atoms in total. The maximum absolute atomic E-state index is 13.1. The van der Waals surface area contributed by atoms with Crippen LogP contribution in [-0.4, -0.2) is 24.0 Å². The third-order valence-corrected chi connectivity index (χ3v) is 4.50. The molecular weight excluding hydrogens is 303 g/mol. The molecule has 0 aromatic carbocycles. The zero-order valence-corrected chi connectivity index (χ0v) is 13.7. The Bertz CT molecular complexity index is 352. The van der Waals surface area contributed by atoms with Gasteiger partial charge in [-0.25, -0.2) is 0 Å². The highest BCUT2D eigenvalue weighted by Gasteiger charge is 2.48. The highest BCUT2D eigenvalue weighted by molar-refractivity contribution is 6.17.